The van der Waals surface area contributed by atoms with Gasteiger partial charge in [0.25, 0.3) is 0 Å². The maximum absolute atomic E-state index is 11.5. The van der Waals surface area contributed by atoms with Gasteiger partial charge in [0.15, 0.2) is 0 Å². The number of urea groups is 1. The zero-order valence-corrected chi connectivity index (χ0v) is 10.6. The largest absolute Gasteiger partial charge is 0.480 e. The molecular weight excluding hydrogens is 258 g/mol. The van der Waals surface area contributed by atoms with Crippen molar-refractivity contribution in [3.63, 3.8) is 0 Å². The maximum atomic E-state index is 11.5. The van der Waals surface area contributed by atoms with Crippen molar-refractivity contribution in [3.8, 4) is 0 Å². The fourth-order valence-corrected chi connectivity index (χ4v) is 1.20. The quantitative estimate of drug-likeness (QED) is 0.418. The minimum atomic E-state index is -1.29. The minimum absolute atomic E-state index is 0.114. The average Bonchev–Trinajstić information content (AvgIpc) is 2.32. The summed E-state index contributed by atoms with van der Waals surface area (Å²) in [5, 5.41) is 13.2. The smallest absolute Gasteiger partial charge is 0.326 e. The third-order valence-corrected chi connectivity index (χ3v) is 2.23. The van der Waals surface area contributed by atoms with Crippen LogP contribution in [0.4, 0.5) is 4.79 Å². The second-order valence-electron chi connectivity index (χ2n) is 3.74. The molecule has 0 heterocycles. The van der Waals surface area contributed by atoms with E-state index < -0.39 is 36.0 Å². The van der Waals surface area contributed by atoms with E-state index in [4.69, 9.17) is 10.8 Å². The second-order valence-corrected chi connectivity index (χ2v) is 3.74. The minimum Gasteiger partial charge on any atom is -0.480 e. The van der Waals surface area contributed by atoms with Gasteiger partial charge in [-0.25, -0.2) is 9.59 Å². The number of methoxy groups -OCH3 is 1. The summed E-state index contributed by atoms with van der Waals surface area (Å²) in [4.78, 5) is 43.9. The molecule has 5 N–H and O–H groups in total. The number of esters is 1. The number of carbonyl (C=O) groups is 4. The molecule has 0 aromatic rings. The Kier molecular flexibility index (Phi) is 6.94. The number of carbonyl (C=O) groups excluding carboxylic acids is 3. The number of ether oxygens (including phenoxy) is 1. The summed E-state index contributed by atoms with van der Waals surface area (Å²) in [6, 6.07) is -3.12. The predicted molar refractivity (Wildman–Crippen MR) is 63.0 cm³/mol. The standard InChI is InChI=1S/C10H17N3O6/c1-5(12-10(11)18)8(15)13-6(9(16)17)3-4-7(14)19-2/h5-6H,3-4H2,1-2H3,(H,13,15)(H,16,17)(H3,11,12,18)/t5?,6-/m1/s1. The van der Waals surface area contributed by atoms with E-state index in [-0.39, 0.29) is 12.8 Å². The van der Waals surface area contributed by atoms with E-state index in [1.165, 1.54) is 14.0 Å². The molecule has 0 aromatic heterocycles. The van der Waals surface area contributed by atoms with Crippen molar-refractivity contribution < 1.29 is 29.0 Å². The number of carboxylic acid groups (broad SMARTS) is 1. The molecule has 19 heavy (non-hydrogen) atoms. The van der Waals surface area contributed by atoms with E-state index >= 15 is 0 Å². The molecule has 108 valence electrons. The number of carboxylic acids is 1. The van der Waals surface area contributed by atoms with Crippen LogP contribution in [0.15, 0.2) is 0 Å². The van der Waals surface area contributed by atoms with Gasteiger partial charge in [-0.05, 0) is 13.3 Å². The first-order chi connectivity index (χ1) is 8.77. The third kappa shape index (κ3) is 6.86. The van der Waals surface area contributed by atoms with Crippen LogP contribution in [0.25, 0.3) is 0 Å². The highest BCUT2D eigenvalue weighted by Gasteiger charge is 2.24. The zero-order chi connectivity index (χ0) is 15.0. The van der Waals surface area contributed by atoms with Crippen LogP contribution in [0.2, 0.25) is 0 Å². The first-order valence-electron chi connectivity index (χ1n) is 5.44. The highest BCUT2D eigenvalue weighted by atomic mass is 16.5. The van der Waals surface area contributed by atoms with Gasteiger partial charge in [0.05, 0.1) is 7.11 Å². The van der Waals surface area contributed by atoms with Gasteiger partial charge in [-0.2, -0.15) is 0 Å². The van der Waals surface area contributed by atoms with Crippen molar-refractivity contribution in [2.75, 3.05) is 7.11 Å². The van der Waals surface area contributed by atoms with E-state index in [9.17, 15) is 19.2 Å². The average molecular weight is 275 g/mol. The summed E-state index contributed by atoms with van der Waals surface area (Å²) in [5.74, 6) is -2.58. The highest BCUT2D eigenvalue weighted by Crippen LogP contribution is 2.00. The fraction of sp³-hybridized carbons (Fsp3) is 0.600. The van der Waals surface area contributed by atoms with Crippen LogP contribution >= 0.6 is 0 Å². The van der Waals surface area contributed by atoms with Crippen molar-refractivity contribution in [2.45, 2.75) is 31.8 Å². The summed E-state index contributed by atoms with van der Waals surface area (Å²) in [7, 11) is 1.18. The SMILES string of the molecule is COC(=O)CC[C@@H](NC(=O)C(C)NC(N)=O)C(=O)O. The molecule has 1 unspecified atom stereocenters. The molecule has 0 spiro atoms. The Labute approximate surface area is 109 Å². The third-order valence-electron chi connectivity index (χ3n) is 2.23. The lowest BCUT2D eigenvalue weighted by molar-refractivity contribution is -0.144. The monoisotopic (exact) mass is 275 g/mol. The molecule has 0 saturated heterocycles. The van der Waals surface area contributed by atoms with Crippen LogP contribution < -0.4 is 16.4 Å². The number of aliphatic carboxylic acids is 1. The van der Waals surface area contributed by atoms with Gasteiger partial charge in [-0.3, -0.25) is 9.59 Å². The van der Waals surface area contributed by atoms with Crippen LogP contribution in [-0.4, -0.2) is 48.2 Å². The lowest BCUT2D eigenvalue weighted by Crippen LogP contribution is -2.51. The van der Waals surface area contributed by atoms with E-state index in [0.717, 1.165) is 0 Å². The zero-order valence-electron chi connectivity index (χ0n) is 10.6. The van der Waals surface area contributed by atoms with Gasteiger partial charge in [0, 0.05) is 6.42 Å². The van der Waals surface area contributed by atoms with Gasteiger partial charge >= 0.3 is 18.0 Å². The molecule has 0 aliphatic rings. The van der Waals surface area contributed by atoms with Gasteiger partial charge in [0.2, 0.25) is 5.91 Å². The second kappa shape index (κ2) is 7.90. The number of nitrogens with one attached hydrogen (secondary N) is 2. The van der Waals surface area contributed by atoms with Crippen LogP contribution in [0.5, 0.6) is 0 Å². The Morgan fingerprint density at radius 2 is 1.84 bits per heavy atom. The van der Waals surface area contributed by atoms with E-state index in [2.05, 4.69) is 15.4 Å². The first-order valence-corrected chi connectivity index (χ1v) is 5.44. The fourth-order valence-electron chi connectivity index (χ4n) is 1.20. The van der Waals surface area contributed by atoms with Gasteiger partial charge in [-0.15, -0.1) is 0 Å². The van der Waals surface area contributed by atoms with Crippen LogP contribution in [0, 0.1) is 0 Å². The summed E-state index contributed by atoms with van der Waals surface area (Å²) < 4.78 is 4.37. The van der Waals surface area contributed by atoms with Gasteiger partial charge in [0.1, 0.15) is 12.1 Å². The number of hydrogen-bond donors (Lipinski definition) is 4. The predicted octanol–water partition coefficient (Wildman–Crippen LogP) is -1.43. The molecule has 0 radical (unpaired) electrons. The molecule has 0 bridgehead atoms. The molecule has 0 aliphatic heterocycles. The maximum Gasteiger partial charge on any atom is 0.326 e. The summed E-state index contributed by atoms with van der Waals surface area (Å²) in [6.45, 7) is 1.35. The Hall–Kier alpha value is -2.32. The molecule has 3 amide bonds. The number of primary amides is 1. The molecule has 9 heteroatoms. The Morgan fingerprint density at radius 3 is 2.26 bits per heavy atom. The number of hydrogen-bond acceptors (Lipinski definition) is 5. The molecule has 0 fully saturated rings. The Balaban J connectivity index is 4.41. The van der Waals surface area contributed by atoms with E-state index in [0.29, 0.717) is 0 Å². The summed E-state index contributed by atoms with van der Waals surface area (Å²) in [6.07, 6.45) is -0.261. The van der Waals surface area contributed by atoms with E-state index in [1.54, 1.807) is 0 Å². The molecule has 0 saturated carbocycles. The molecular formula is C10H17N3O6. The lowest BCUT2D eigenvalue weighted by atomic mass is 10.1. The van der Waals surface area contributed by atoms with Crippen molar-refractivity contribution in [1.82, 2.24) is 10.6 Å². The van der Waals surface area contributed by atoms with Crippen LogP contribution in [0.3, 0.4) is 0 Å². The number of rotatable bonds is 7. The highest BCUT2D eigenvalue weighted by molar-refractivity contribution is 5.89. The molecule has 0 aromatic carbocycles. The number of nitrogens with two attached hydrogens (primary N) is 1. The Morgan fingerprint density at radius 1 is 1.26 bits per heavy atom. The van der Waals surface area contributed by atoms with Crippen molar-refractivity contribution in [1.29, 1.82) is 0 Å². The van der Waals surface area contributed by atoms with Gasteiger partial charge in [-0.1, -0.05) is 0 Å². The van der Waals surface area contributed by atoms with Crippen LogP contribution in [-0.2, 0) is 19.1 Å². The molecule has 2 atom stereocenters. The van der Waals surface area contributed by atoms with Crippen LogP contribution in [0.1, 0.15) is 19.8 Å². The molecule has 0 aliphatic carbocycles. The molecule has 0 rings (SSSR count). The summed E-state index contributed by atoms with van der Waals surface area (Å²) >= 11 is 0. The van der Waals surface area contributed by atoms with Crippen molar-refractivity contribution >= 4 is 23.9 Å². The normalized spacial score (nSPS) is 12.9. The summed E-state index contributed by atoms with van der Waals surface area (Å²) in [5.41, 5.74) is 4.83. The number of amides is 3. The van der Waals surface area contributed by atoms with Gasteiger partial charge < -0.3 is 26.2 Å². The van der Waals surface area contributed by atoms with Crippen molar-refractivity contribution in [2.24, 2.45) is 5.73 Å². The molecule has 9 nitrogen and oxygen atoms in total. The van der Waals surface area contributed by atoms with E-state index in [1.807, 2.05) is 0 Å². The Bertz CT molecular complexity index is 370. The first kappa shape index (κ1) is 16.7. The lowest BCUT2D eigenvalue weighted by Gasteiger charge is -2.17. The topological polar surface area (TPSA) is 148 Å². The van der Waals surface area contributed by atoms with Crippen molar-refractivity contribution in [3.05, 3.63) is 0 Å².